The third-order valence-electron chi connectivity index (χ3n) is 13.5. The summed E-state index contributed by atoms with van der Waals surface area (Å²) in [5, 5.41) is 5.19. The van der Waals surface area contributed by atoms with Gasteiger partial charge in [-0.2, -0.15) is 0 Å². The van der Waals surface area contributed by atoms with Crippen LogP contribution in [0.2, 0.25) is 54.4 Å². The summed E-state index contributed by atoms with van der Waals surface area (Å²) in [4.78, 5) is 15.5. The molecule has 0 fully saturated rings. The van der Waals surface area contributed by atoms with Crippen molar-refractivity contribution >= 4 is 53.5 Å². The molecule has 0 aliphatic carbocycles. The van der Waals surface area contributed by atoms with Crippen LogP contribution in [0.5, 0.6) is 0 Å². The first-order valence-corrected chi connectivity index (χ1v) is 34.2. The second-order valence-corrected chi connectivity index (χ2v) is 53.2. The van der Waals surface area contributed by atoms with E-state index in [1.165, 1.54) is 54.4 Å². The van der Waals surface area contributed by atoms with E-state index in [4.69, 9.17) is 4.43 Å². The van der Waals surface area contributed by atoms with Crippen LogP contribution >= 0.6 is 7.29 Å². The van der Waals surface area contributed by atoms with Crippen LogP contribution in [0.25, 0.3) is 0 Å². The highest BCUT2D eigenvalue weighted by Gasteiger charge is 2.74. The maximum atomic E-state index is 15.5. The minimum atomic E-state index is -3.37. The average Bonchev–Trinajstić information content (AvgIpc) is 3.17. The largest absolute Gasteiger partial charge is 0.527 e. The zero-order valence-electron chi connectivity index (χ0n) is 33.3. The van der Waals surface area contributed by atoms with Crippen molar-refractivity contribution in [2.75, 3.05) is 0 Å². The van der Waals surface area contributed by atoms with Crippen molar-refractivity contribution in [2.24, 2.45) is 5.92 Å². The molecule has 1 N–H and O–H groups in total. The van der Waals surface area contributed by atoms with Gasteiger partial charge in [0, 0.05) is 10.6 Å². The molecule has 3 rings (SSSR count). The summed E-state index contributed by atoms with van der Waals surface area (Å²) in [5.41, 5.74) is 2.13. The van der Waals surface area contributed by atoms with Crippen LogP contribution in [-0.2, 0) is 13.8 Å². The van der Waals surface area contributed by atoms with Crippen molar-refractivity contribution in [1.29, 1.82) is 0 Å². The predicted octanol–water partition coefficient (Wildman–Crippen LogP) is 11.4. The Morgan fingerprint density at radius 2 is 0.940 bits per heavy atom. The molecule has 4 nitrogen and oxygen atoms in total. The standard InChI is InChI=1S/C41H68NO3PSi4/c1-12-47(13-2,14-3)50(48(15-4,16-5)17-6,49(18-7,19-8)20-9)45-41(43)36(11)40(37-33-31-35(10)32-34-37)42-46(44,38-27-23-21-24-28-38)39-29-25-22-26-30-39/h21-34,36,40H,12-20H2,1-11H3,(H,42,44). The maximum Gasteiger partial charge on any atom is 0.296 e. The molecule has 2 unspecified atom stereocenters. The van der Waals surface area contributed by atoms with Gasteiger partial charge in [0.2, 0.25) is 14.2 Å². The Hall–Kier alpha value is -1.81. The lowest BCUT2D eigenvalue weighted by Gasteiger charge is -2.63. The molecular formula is C41H68NO3PSi4. The molecule has 0 saturated carbocycles. The van der Waals surface area contributed by atoms with Crippen molar-refractivity contribution in [1.82, 2.24) is 5.09 Å². The minimum Gasteiger partial charge on any atom is -0.527 e. The molecule has 0 aliphatic heterocycles. The summed E-state index contributed by atoms with van der Waals surface area (Å²) in [6.07, 6.45) is 0. The summed E-state index contributed by atoms with van der Waals surface area (Å²) in [7, 11) is -9.47. The first-order chi connectivity index (χ1) is 23.9. The number of nitrogens with one attached hydrogen (secondary N) is 1. The van der Waals surface area contributed by atoms with Crippen LogP contribution in [0.3, 0.4) is 0 Å². The van der Waals surface area contributed by atoms with Gasteiger partial charge < -0.3 is 4.43 Å². The van der Waals surface area contributed by atoms with Crippen LogP contribution in [0.15, 0.2) is 84.9 Å². The van der Waals surface area contributed by atoms with Gasteiger partial charge in [0.25, 0.3) is 5.97 Å². The highest BCUT2D eigenvalue weighted by molar-refractivity contribution is 7.88. The first kappa shape index (κ1) is 42.6. The Bertz CT molecular complexity index is 1410. The Labute approximate surface area is 309 Å². The molecule has 50 heavy (non-hydrogen) atoms. The maximum absolute atomic E-state index is 15.5. The molecule has 9 heteroatoms. The van der Waals surface area contributed by atoms with E-state index in [-0.39, 0.29) is 5.97 Å². The van der Waals surface area contributed by atoms with Crippen molar-refractivity contribution in [3.63, 3.8) is 0 Å². The molecule has 0 bridgehead atoms. The van der Waals surface area contributed by atoms with Crippen LogP contribution in [-0.4, -0.2) is 35.6 Å². The molecule has 3 aromatic carbocycles. The van der Waals surface area contributed by atoms with Gasteiger partial charge in [-0.3, -0.25) is 14.4 Å². The Morgan fingerprint density at radius 3 is 1.26 bits per heavy atom. The quantitative estimate of drug-likeness (QED) is 0.0919. The minimum absolute atomic E-state index is 0.0471. The SMILES string of the molecule is CC[Si](CC)(CC)[Si](OC(=O)C(C)C(NP(=O)(c1ccccc1)c1ccccc1)c1ccc(C)cc1)([Si](CC)(CC)CC)[Si](CC)(CC)CC. The van der Waals surface area contributed by atoms with E-state index < -0.39 is 48.9 Å². The number of hydrogen-bond acceptors (Lipinski definition) is 3. The van der Waals surface area contributed by atoms with Crippen molar-refractivity contribution in [3.8, 4) is 0 Å². The molecule has 0 saturated heterocycles. The lowest BCUT2D eigenvalue weighted by atomic mass is 9.95. The van der Waals surface area contributed by atoms with Crippen molar-refractivity contribution in [2.45, 2.75) is 137 Å². The van der Waals surface area contributed by atoms with E-state index in [1.807, 2.05) is 67.6 Å². The Balaban J connectivity index is 2.37. The molecular weight excluding hydrogens is 698 g/mol. The van der Waals surface area contributed by atoms with Gasteiger partial charge in [-0.1, -0.05) is 190 Å². The summed E-state index contributed by atoms with van der Waals surface area (Å²) >= 11 is 0. The van der Waals surface area contributed by atoms with Gasteiger partial charge >= 0.3 is 0 Å². The second-order valence-electron chi connectivity index (χ2n) is 14.7. The topological polar surface area (TPSA) is 55.4 Å². The van der Waals surface area contributed by atoms with Gasteiger partial charge in [0.15, 0.2) is 0 Å². The third-order valence-corrected chi connectivity index (χ3v) is 85.9. The van der Waals surface area contributed by atoms with E-state index in [9.17, 15) is 0 Å². The number of aryl methyl sites for hydroxylation is 1. The van der Waals surface area contributed by atoms with E-state index in [0.717, 1.165) is 21.7 Å². The van der Waals surface area contributed by atoms with Crippen LogP contribution in [0.1, 0.15) is 86.4 Å². The van der Waals surface area contributed by atoms with E-state index in [0.29, 0.717) is 0 Å². The van der Waals surface area contributed by atoms with Crippen molar-refractivity contribution < 1.29 is 13.8 Å². The lowest BCUT2D eigenvalue weighted by Crippen LogP contribution is -2.90. The highest BCUT2D eigenvalue weighted by Crippen LogP contribution is 2.52. The molecule has 0 spiro atoms. The molecule has 2 atom stereocenters. The van der Waals surface area contributed by atoms with Gasteiger partial charge in [-0.25, -0.2) is 0 Å². The molecule has 0 aromatic heterocycles. The summed E-state index contributed by atoms with van der Waals surface area (Å²) in [5.74, 6) is -0.578. The molecule has 0 radical (unpaired) electrons. The van der Waals surface area contributed by atoms with Gasteiger partial charge in [0.05, 0.1) is 34.7 Å². The van der Waals surface area contributed by atoms with Gasteiger partial charge in [-0.15, -0.1) is 0 Å². The van der Waals surface area contributed by atoms with E-state index in [1.54, 1.807) is 0 Å². The normalized spacial score (nSPS) is 14.3. The fourth-order valence-electron chi connectivity index (χ4n) is 9.90. The zero-order valence-corrected chi connectivity index (χ0v) is 38.2. The average molecular weight is 766 g/mol. The Kier molecular flexibility index (Phi) is 15.6. The summed E-state index contributed by atoms with van der Waals surface area (Å²) < 4.78 is 23.5. The highest BCUT2D eigenvalue weighted by atomic mass is 31.2. The molecule has 0 heterocycles. The smallest absolute Gasteiger partial charge is 0.296 e. The van der Waals surface area contributed by atoms with Crippen LogP contribution in [0.4, 0.5) is 0 Å². The van der Waals surface area contributed by atoms with E-state index in [2.05, 4.69) is 98.6 Å². The summed E-state index contributed by atoms with van der Waals surface area (Å²) in [6.45, 7) is 23.5. The first-order valence-electron chi connectivity index (χ1n) is 19.7. The molecule has 276 valence electrons. The lowest BCUT2D eigenvalue weighted by molar-refractivity contribution is -0.139. The third kappa shape index (κ3) is 7.49. The van der Waals surface area contributed by atoms with Crippen LogP contribution in [0, 0.1) is 12.8 Å². The number of carbonyl (C=O) groups excluding carboxylic acids is 1. The number of rotatable bonds is 20. The fourth-order valence-corrected chi connectivity index (χ4v) is 111. The van der Waals surface area contributed by atoms with E-state index >= 15 is 9.36 Å². The molecule has 0 amide bonds. The number of hydrogen-bond donors (Lipinski definition) is 1. The number of carbonyl (C=O) groups is 1. The van der Waals surface area contributed by atoms with Gasteiger partial charge in [0.1, 0.15) is 0 Å². The number of benzene rings is 3. The summed E-state index contributed by atoms with van der Waals surface area (Å²) in [6, 6.07) is 38.3. The molecule has 3 aromatic rings. The fraction of sp³-hybridized carbons (Fsp3) is 0.537. The van der Waals surface area contributed by atoms with Gasteiger partial charge in [-0.05, 0) is 36.8 Å². The zero-order chi connectivity index (χ0) is 37.2. The van der Waals surface area contributed by atoms with Crippen molar-refractivity contribution in [3.05, 3.63) is 96.1 Å². The molecule has 0 aliphatic rings. The Morgan fingerprint density at radius 1 is 0.600 bits per heavy atom. The monoisotopic (exact) mass is 765 g/mol. The second kappa shape index (κ2) is 18.3. The van der Waals surface area contributed by atoms with Crippen LogP contribution < -0.4 is 15.7 Å². The predicted molar refractivity (Wildman–Crippen MR) is 229 cm³/mol.